The molecule has 0 saturated carbocycles. The lowest BCUT2D eigenvalue weighted by Gasteiger charge is -2.43. The number of aromatic nitrogens is 3. The van der Waals surface area contributed by atoms with Crippen LogP contribution in [0.5, 0.6) is 0 Å². The van der Waals surface area contributed by atoms with Crippen molar-refractivity contribution < 1.29 is 19.1 Å². The van der Waals surface area contributed by atoms with Gasteiger partial charge in [0.15, 0.2) is 5.37 Å². The third-order valence-corrected chi connectivity index (χ3v) is 5.61. The monoisotopic (exact) mass is 382 g/mol. The third-order valence-electron chi connectivity index (χ3n) is 3.42. The van der Waals surface area contributed by atoms with Gasteiger partial charge in [0.25, 0.3) is 11.7 Å². The minimum Gasteiger partial charge on any atom is -0.455 e. The van der Waals surface area contributed by atoms with Crippen LogP contribution in [0, 0.1) is 6.92 Å². The molecule has 0 aliphatic carbocycles. The summed E-state index contributed by atoms with van der Waals surface area (Å²) < 4.78 is 5.44. The van der Waals surface area contributed by atoms with Gasteiger partial charge in [-0.15, -0.1) is 16.9 Å². The van der Waals surface area contributed by atoms with E-state index in [4.69, 9.17) is 4.74 Å². The van der Waals surface area contributed by atoms with E-state index in [-0.39, 0.29) is 5.70 Å². The Kier molecular flexibility index (Phi) is 4.67. The standard InChI is InChI=1S/C15H18N4O4S2/c1-7-16-14(18-17-7)25-6-8-5-24-12-10(20)11(21)19(12)9(8)13(22)23-15(2,3)4/h12H,5-6H2,1-4H3,(H,16,17,18)/t12-/m0/s1. The number of aryl methyl sites for hydroxylation is 1. The summed E-state index contributed by atoms with van der Waals surface area (Å²) in [5.74, 6) is -0.100. The molecule has 0 spiro atoms. The summed E-state index contributed by atoms with van der Waals surface area (Å²) in [4.78, 5) is 41.8. The highest BCUT2D eigenvalue weighted by molar-refractivity contribution is 8.01. The number of carbonyl (C=O) groups excluding carboxylic acids is 3. The zero-order valence-electron chi connectivity index (χ0n) is 14.3. The maximum atomic E-state index is 12.6. The fourth-order valence-electron chi connectivity index (χ4n) is 2.39. The van der Waals surface area contributed by atoms with Crippen LogP contribution in [0.25, 0.3) is 0 Å². The maximum Gasteiger partial charge on any atom is 0.355 e. The van der Waals surface area contributed by atoms with Crippen LogP contribution >= 0.6 is 23.5 Å². The number of aromatic amines is 1. The number of hydrogen-bond donors (Lipinski definition) is 1. The Hall–Kier alpha value is -1.81. The second-order valence-corrected chi connectivity index (χ2v) is 8.66. The predicted molar refractivity (Wildman–Crippen MR) is 92.8 cm³/mol. The molecule has 1 fully saturated rings. The number of nitrogens with zero attached hydrogens (tertiary/aromatic N) is 3. The van der Waals surface area contributed by atoms with Crippen molar-refractivity contribution in [3.63, 3.8) is 0 Å². The van der Waals surface area contributed by atoms with Crippen LogP contribution in [0.15, 0.2) is 16.4 Å². The normalized spacial score (nSPS) is 20.5. The first-order chi connectivity index (χ1) is 11.7. The Morgan fingerprint density at radius 3 is 2.76 bits per heavy atom. The van der Waals surface area contributed by atoms with Gasteiger partial charge in [-0.2, -0.15) is 0 Å². The van der Waals surface area contributed by atoms with Gasteiger partial charge in [0.2, 0.25) is 5.16 Å². The highest BCUT2D eigenvalue weighted by atomic mass is 32.2. The largest absolute Gasteiger partial charge is 0.455 e. The summed E-state index contributed by atoms with van der Waals surface area (Å²) in [6.45, 7) is 7.07. The smallest absolute Gasteiger partial charge is 0.355 e. The molecule has 1 aromatic rings. The summed E-state index contributed by atoms with van der Waals surface area (Å²) in [5.41, 5.74) is 0.230. The predicted octanol–water partition coefficient (Wildman–Crippen LogP) is 1.29. The van der Waals surface area contributed by atoms with Crippen LogP contribution in [0.4, 0.5) is 0 Å². The van der Waals surface area contributed by atoms with Crippen molar-refractivity contribution in [2.24, 2.45) is 0 Å². The fourth-order valence-corrected chi connectivity index (χ4v) is 4.57. The molecule has 10 heteroatoms. The molecule has 1 amide bonds. The number of ketones is 1. The van der Waals surface area contributed by atoms with Gasteiger partial charge < -0.3 is 4.74 Å². The highest BCUT2D eigenvalue weighted by Gasteiger charge is 2.53. The van der Waals surface area contributed by atoms with Crippen LogP contribution in [-0.4, -0.2) is 60.2 Å². The molecule has 0 bridgehead atoms. The molecule has 2 aliphatic heterocycles. The highest BCUT2D eigenvalue weighted by Crippen LogP contribution is 2.40. The second-order valence-electron chi connectivity index (χ2n) is 6.65. The molecule has 0 aromatic carbocycles. The Balaban J connectivity index is 1.87. The Morgan fingerprint density at radius 2 is 2.16 bits per heavy atom. The summed E-state index contributed by atoms with van der Waals surface area (Å²) in [6.07, 6.45) is 0. The quantitative estimate of drug-likeness (QED) is 0.359. The van der Waals surface area contributed by atoms with E-state index in [0.717, 1.165) is 5.57 Å². The summed E-state index contributed by atoms with van der Waals surface area (Å²) in [6, 6.07) is 0. The number of β-lactam (4-membered cyclic amide) rings is 1. The number of ether oxygens (including phenoxy) is 1. The van der Waals surface area contributed by atoms with Gasteiger partial charge >= 0.3 is 5.97 Å². The Labute approximate surface area is 153 Å². The Bertz CT molecular complexity index is 781. The maximum absolute atomic E-state index is 12.6. The molecule has 1 aromatic heterocycles. The van der Waals surface area contributed by atoms with Crippen molar-refractivity contribution in [2.45, 2.75) is 43.8 Å². The summed E-state index contributed by atoms with van der Waals surface area (Å²) >= 11 is 2.70. The van der Waals surface area contributed by atoms with E-state index in [1.165, 1.54) is 28.4 Å². The van der Waals surface area contributed by atoms with E-state index in [1.54, 1.807) is 27.7 Å². The minimum atomic E-state index is -0.693. The molecule has 1 N–H and O–H groups in total. The average Bonchev–Trinajstić information content (AvgIpc) is 2.95. The van der Waals surface area contributed by atoms with Crippen molar-refractivity contribution in [3.8, 4) is 0 Å². The third kappa shape index (κ3) is 3.59. The van der Waals surface area contributed by atoms with Crippen molar-refractivity contribution in [1.29, 1.82) is 0 Å². The number of carbonyl (C=O) groups is 3. The minimum absolute atomic E-state index is 0.183. The second kappa shape index (κ2) is 6.49. The molecule has 3 heterocycles. The lowest BCUT2D eigenvalue weighted by Crippen LogP contribution is -2.62. The first kappa shape index (κ1) is 18.0. The van der Waals surface area contributed by atoms with Crippen LogP contribution in [0.3, 0.4) is 0 Å². The van der Waals surface area contributed by atoms with E-state index >= 15 is 0 Å². The molecule has 1 atom stereocenters. The zero-order valence-corrected chi connectivity index (χ0v) is 15.9. The molecule has 2 aliphatic rings. The fraction of sp³-hybridized carbons (Fsp3) is 0.533. The van der Waals surface area contributed by atoms with Gasteiger partial charge in [-0.3, -0.25) is 19.6 Å². The molecule has 1 saturated heterocycles. The van der Waals surface area contributed by atoms with E-state index in [1.807, 2.05) is 0 Å². The topological polar surface area (TPSA) is 105 Å². The number of rotatable bonds is 4. The van der Waals surface area contributed by atoms with E-state index in [2.05, 4.69) is 15.2 Å². The molecule has 134 valence electrons. The van der Waals surface area contributed by atoms with Crippen LogP contribution < -0.4 is 0 Å². The molecule has 8 nitrogen and oxygen atoms in total. The van der Waals surface area contributed by atoms with Crippen LogP contribution in [0.1, 0.15) is 26.6 Å². The SMILES string of the molecule is Cc1nc(SCC2=C(C(=O)OC(C)(C)C)N3C(=O)C(=O)[C@@H]3SC2)n[nH]1. The summed E-state index contributed by atoms with van der Waals surface area (Å²) in [7, 11) is 0. The van der Waals surface area contributed by atoms with Gasteiger partial charge in [-0.1, -0.05) is 11.8 Å². The van der Waals surface area contributed by atoms with E-state index in [0.29, 0.717) is 22.5 Å². The van der Waals surface area contributed by atoms with Crippen molar-refractivity contribution in [2.75, 3.05) is 11.5 Å². The number of fused-ring (bicyclic) bond motifs is 1. The van der Waals surface area contributed by atoms with Crippen molar-refractivity contribution in [3.05, 3.63) is 17.1 Å². The van der Waals surface area contributed by atoms with Crippen molar-refractivity contribution in [1.82, 2.24) is 20.1 Å². The first-order valence-electron chi connectivity index (χ1n) is 7.63. The molecule has 25 heavy (non-hydrogen) atoms. The zero-order chi connectivity index (χ0) is 18.4. The van der Waals surface area contributed by atoms with E-state index < -0.39 is 28.6 Å². The molecule has 3 rings (SSSR count). The van der Waals surface area contributed by atoms with Crippen LogP contribution in [0.2, 0.25) is 0 Å². The number of H-pyrrole nitrogens is 1. The molecular formula is C15H18N4O4S2. The lowest BCUT2D eigenvalue weighted by atomic mass is 10.1. The number of esters is 1. The number of nitrogens with one attached hydrogen (secondary N) is 1. The van der Waals surface area contributed by atoms with Gasteiger partial charge in [0.1, 0.15) is 17.1 Å². The number of Topliss-reactive ketones (excluding diaryl/α,β-unsaturated/α-hetero) is 1. The molecule has 0 unspecified atom stereocenters. The van der Waals surface area contributed by atoms with Crippen LogP contribution in [-0.2, 0) is 19.1 Å². The van der Waals surface area contributed by atoms with Crippen molar-refractivity contribution >= 4 is 41.2 Å². The number of hydrogen-bond acceptors (Lipinski definition) is 8. The van der Waals surface area contributed by atoms with Gasteiger partial charge in [0, 0.05) is 11.5 Å². The van der Waals surface area contributed by atoms with E-state index in [9.17, 15) is 14.4 Å². The molecular weight excluding hydrogens is 364 g/mol. The number of thioether (sulfide) groups is 2. The molecule has 0 radical (unpaired) electrons. The van der Waals surface area contributed by atoms with Gasteiger partial charge in [-0.25, -0.2) is 9.78 Å². The van der Waals surface area contributed by atoms with Gasteiger partial charge in [0.05, 0.1) is 0 Å². The first-order valence-corrected chi connectivity index (χ1v) is 9.67. The Morgan fingerprint density at radius 1 is 1.44 bits per heavy atom. The summed E-state index contributed by atoms with van der Waals surface area (Å²) in [5, 5.41) is 6.75. The van der Waals surface area contributed by atoms with Gasteiger partial charge in [-0.05, 0) is 33.3 Å². The average molecular weight is 382 g/mol. The lowest BCUT2D eigenvalue weighted by molar-refractivity contribution is -0.161. The number of amides is 1.